The molecule has 0 aromatic heterocycles. The quantitative estimate of drug-likeness (QED) is 0.912. The molecule has 0 saturated carbocycles. The maximum Gasteiger partial charge on any atom is 0.317 e. The summed E-state index contributed by atoms with van der Waals surface area (Å²) in [6, 6.07) is 18.0. The van der Waals surface area contributed by atoms with Crippen molar-refractivity contribution < 1.29 is 9.53 Å². The molecule has 0 radical (unpaired) electrons. The van der Waals surface area contributed by atoms with Crippen molar-refractivity contribution in [2.75, 3.05) is 13.1 Å². The van der Waals surface area contributed by atoms with Crippen LogP contribution >= 0.6 is 0 Å². The zero-order chi connectivity index (χ0) is 18.6. The minimum Gasteiger partial charge on any atom is -0.490 e. The lowest BCUT2D eigenvalue weighted by molar-refractivity contribution is 0.110. The van der Waals surface area contributed by atoms with E-state index in [2.05, 4.69) is 35.7 Å². The molecule has 2 aromatic carbocycles. The van der Waals surface area contributed by atoms with Gasteiger partial charge in [0.2, 0.25) is 0 Å². The van der Waals surface area contributed by atoms with Crippen LogP contribution < -0.4 is 10.1 Å². The Kier molecular flexibility index (Phi) is 4.97. The highest BCUT2D eigenvalue weighted by atomic mass is 16.5. The number of rotatable bonds is 3. The highest BCUT2D eigenvalue weighted by Crippen LogP contribution is 2.23. The molecule has 1 N–H and O–H groups in total. The minimum atomic E-state index is 0.0257. The number of fused-ring (bicyclic) bond motifs is 1. The van der Waals surface area contributed by atoms with Gasteiger partial charge in [-0.3, -0.25) is 0 Å². The molecule has 5 heteroatoms. The molecule has 0 bridgehead atoms. The SMILES string of the molecule is N#Cc1cccc(OC2CCN(C(=O)NC3Cc4ccccc4C3)CC2)c1. The second kappa shape index (κ2) is 7.71. The van der Waals surface area contributed by atoms with Crippen LogP contribution in [0.1, 0.15) is 29.5 Å². The Bertz CT molecular complexity index is 841. The smallest absolute Gasteiger partial charge is 0.317 e. The molecule has 1 saturated heterocycles. The Morgan fingerprint density at radius 1 is 1.07 bits per heavy atom. The number of likely N-dealkylation sites (tertiary alicyclic amines) is 1. The number of carbonyl (C=O) groups is 1. The van der Waals surface area contributed by atoms with Crippen molar-refractivity contribution in [2.45, 2.75) is 37.8 Å². The number of ether oxygens (including phenoxy) is 1. The van der Waals surface area contributed by atoms with Crippen LogP contribution in [0.25, 0.3) is 0 Å². The first-order chi connectivity index (χ1) is 13.2. The summed E-state index contributed by atoms with van der Waals surface area (Å²) in [4.78, 5) is 14.5. The molecule has 1 heterocycles. The summed E-state index contributed by atoms with van der Waals surface area (Å²) >= 11 is 0. The second-order valence-corrected chi connectivity index (χ2v) is 7.27. The number of nitrogens with zero attached hydrogens (tertiary/aromatic N) is 2. The average Bonchev–Trinajstić information content (AvgIpc) is 3.11. The van der Waals surface area contributed by atoms with Crippen molar-refractivity contribution in [1.29, 1.82) is 5.26 Å². The molecule has 2 aliphatic rings. The first-order valence-corrected chi connectivity index (χ1v) is 9.50. The number of hydrogen-bond acceptors (Lipinski definition) is 3. The van der Waals surface area contributed by atoms with Crippen molar-refractivity contribution >= 4 is 6.03 Å². The molecular weight excluding hydrogens is 338 g/mol. The van der Waals surface area contributed by atoms with Crippen molar-refractivity contribution in [2.24, 2.45) is 0 Å². The van der Waals surface area contributed by atoms with Crippen LogP contribution in [-0.4, -0.2) is 36.2 Å². The molecule has 0 unspecified atom stereocenters. The molecule has 4 rings (SSSR count). The molecule has 2 aromatic rings. The second-order valence-electron chi connectivity index (χ2n) is 7.27. The number of nitriles is 1. The predicted molar refractivity (Wildman–Crippen MR) is 103 cm³/mol. The predicted octanol–water partition coefficient (Wildman–Crippen LogP) is 3.28. The summed E-state index contributed by atoms with van der Waals surface area (Å²) in [5.74, 6) is 0.723. The third kappa shape index (κ3) is 4.06. The van der Waals surface area contributed by atoms with E-state index in [4.69, 9.17) is 10.00 Å². The maximum atomic E-state index is 12.6. The van der Waals surface area contributed by atoms with Crippen molar-refractivity contribution in [3.63, 3.8) is 0 Å². The monoisotopic (exact) mass is 361 g/mol. The van der Waals surface area contributed by atoms with Gasteiger partial charge in [0.25, 0.3) is 0 Å². The Morgan fingerprint density at radius 3 is 2.44 bits per heavy atom. The molecule has 1 fully saturated rings. The van der Waals surface area contributed by atoms with Gasteiger partial charge in [0, 0.05) is 32.0 Å². The van der Waals surface area contributed by atoms with Crippen LogP contribution in [0.5, 0.6) is 5.75 Å². The van der Waals surface area contributed by atoms with Gasteiger partial charge in [0.1, 0.15) is 11.9 Å². The van der Waals surface area contributed by atoms with Crippen LogP contribution in [0.2, 0.25) is 0 Å². The molecule has 138 valence electrons. The summed E-state index contributed by atoms with van der Waals surface area (Å²) in [5, 5.41) is 12.2. The van der Waals surface area contributed by atoms with Crippen molar-refractivity contribution in [3.05, 3.63) is 65.2 Å². The molecule has 1 aliphatic carbocycles. The van der Waals surface area contributed by atoms with Gasteiger partial charge >= 0.3 is 6.03 Å². The van der Waals surface area contributed by atoms with E-state index in [1.165, 1.54) is 11.1 Å². The van der Waals surface area contributed by atoms with Crippen LogP contribution in [0.4, 0.5) is 4.79 Å². The molecule has 5 nitrogen and oxygen atoms in total. The summed E-state index contributed by atoms with van der Waals surface area (Å²) in [5.41, 5.74) is 3.28. The molecule has 27 heavy (non-hydrogen) atoms. The van der Waals surface area contributed by atoms with Crippen molar-refractivity contribution in [3.8, 4) is 11.8 Å². The van der Waals surface area contributed by atoms with Gasteiger partial charge in [-0.05, 0) is 42.2 Å². The van der Waals surface area contributed by atoms with Crippen LogP contribution in [0, 0.1) is 11.3 Å². The summed E-state index contributed by atoms with van der Waals surface area (Å²) in [7, 11) is 0. The van der Waals surface area contributed by atoms with E-state index in [0.29, 0.717) is 18.7 Å². The number of urea groups is 1. The molecular formula is C22H23N3O2. The van der Waals surface area contributed by atoms with Crippen LogP contribution in [-0.2, 0) is 12.8 Å². The van der Waals surface area contributed by atoms with Crippen molar-refractivity contribution in [1.82, 2.24) is 10.2 Å². The third-order valence-electron chi connectivity index (χ3n) is 5.37. The lowest BCUT2D eigenvalue weighted by Crippen LogP contribution is -2.49. The first kappa shape index (κ1) is 17.4. The highest BCUT2D eigenvalue weighted by Gasteiger charge is 2.27. The van der Waals surface area contributed by atoms with E-state index in [-0.39, 0.29) is 18.2 Å². The van der Waals surface area contributed by atoms with Gasteiger partial charge in [-0.25, -0.2) is 4.79 Å². The first-order valence-electron chi connectivity index (χ1n) is 9.50. The fourth-order valence-electron chi connectivity index (χ4n) is 3.93. The number of benzene rings is 2. The molecule has 1 aliphatic heterocycles. The number of hydrogen-bond donors (Lipinski definition) is 1. The minimum absolute atomic E-state index is 0.0257. The third-order valence-corrected chi connectivity index (χ3v) is 5.37. The van der Waals surface area contributed by atoms with Gasteiger partial charge in [-0.1, -0.05) is 30.3 Å². The highest BCUT2D eigenvalue weighted by molar-refractivity contribution is 5.75. The summed E-state index contributed by atoms with van der Waals surface area (Å²) in [6.07, 6.45) is 3.51. The summed E-state index contributed by atoms with van der Waals surface area (Å²) < 4.78 is 5.99. The van der Waals surface area contributed by atoms with Gasteiger partial charge < -0.3 is 15.0 Å². The van der Waals surface area contributed by atoms with E-state index >= 15 is 0 Å². The Labute approximate surface area is 159 Å². The van der Waals surface area contributed by atoms with Gasteiger partial charge in [-0.2, -0.15) is 5.26 Å². The lowest BCUT2D eigenvalue weighted by Gasteiger charge is -2.33. The number of amides is 2. The Balaban J connectivity index is 1.25. The van der Waals surface area contributed by atoms with E-state index in [1.807, 2.05) is 17.0 Å². The van der Waals surface area contributed by atoms with Gasteiger partial charge in [-0.15, -0.1) is 0 Å². The number of carbonyl (C=O) groups excluding carboxylic acids is 1. The zero-order valence-corrected chi connectivity index (χ0v) is 15.2. The molecule has 0 atom stereocenters. The van der Waals surface area contributed by atoms with Crippen LogP contribution in [0.3, 0.4) is 0 Å². The van der Waals surface area contributed by atoms with E-state index in [0.717, 1.165) is 31.4 Å². The lowest BCUT2D eigenvalue weighted by atomic mass is 10.1. The number of piperidine rings is 1. The molecule has 0 spiro atoms. The van der Waals surface area contributed by atoms with E-state index in [1.54, 1.807) is 12.1 Å². The zero-order valence-electron chi connectivity index (χ0n) is 15.2. The Morgan fingerprint density at radius 2 is 1.78 bits per heavy atom. The topological polar surface area (TPSA) is 65.4 Å². The largest absolute Gasteiger partial charge is 0.490 e. The van der Waals surface area contributed by atoms with Crippen LogP contribution in [0.15, 0.2) is 48.5 Å². The fourth-order valence-corrected chi connectivity index (χ4v) is 3.93. The van der Waals surface area contributed by atoms with Gasteiger partial charge in [0.05, 0.1) is 11.6 Å². The normalized spacial score (nSPS) is 17.2. The number of nitrogens with one attached hydrogen (secondary N) is 1. The van der Waals surface area contributed by atoms with E-state index in [9.17, 15) is 4.79 Å². The summed E-state index contributed by atoms with van der Waals surface area (Å²) in [6.45, 7) is 1.38. The maximum absolute atomic E-state index is 12.6. The van der Waals surface area contributed by atoms with Gasteiger partial charge in [0.15, 0.2) is 0 Å². The standard InChI is InChI=1S/C22H23N3O2/c23-15-16-4-3-7-21(12-16)27-20-8-10-25(11-9-20)22(26)24-19-13-17-5-1-2-6-18(17)14-19/h1-7,12,19-20H,8-11,13-14H2,(H,24,26). The van der Waals surface area contributed by atoms with E-state index < -0.39 is 0 Å². The molecule has 2 amide bonds. The average molecular weight is 361 g/mol. The fraction of sp³-hybridized carbons (Fsp3) is 0.364. The Hall–Kier alpha value is -3.00.